The molecule has 4 heteroatoms. The molecule has 0 fully saturated rings. The molecule has 0 saturated carbocycles. The van der Waals surface area contributed by atoms with Crippen LogP contribution in [0, 0.1) is 12.7 Å². The molecule has 0 aliphatic rings. The molecule has 1 aromatic heterocycles. The summed E-state index contributed by atoms with van der Waals surface area (Å²) in [6.45, 7) is 1.82. The Kier molecular flexibility index (Phi) is 3.15. The number of aliphatic hydroxyl groups excluding tert-OH is 1. The van der Waals surface area contributed by atoms with Gasteiger partial charge in [0, 0.05) is 0 Å². The van der Waals surface area contributed by atoms with Crippen LogP contribution in [-0.4, -0.2) is 12.2 Å². The van der Waals surface area contributed by atoms with Gasteiger partial charge in [-0.05, 0) is 36.2 Å². The summed E-state index contributed by atoms with van der Waals surface area (Å²) >= 11 is 0. The van der Waals surface area contributed by atoms with E-state index in [9.17, 15) is 9.50 Å². The molecule has 1 atom stereocenters. The molecule has 1 heterocycles. The molecule has 17 heavy (non-hydrogen) atoms. The number of hydrogen-bond donors (Lipinski definition) is 1. The minimum Gasteiger partial charge on any atom is -0.494 e. The van der Waals surface area contributed by atoms with E-state index in [-0.39, 0.29) is 5.75 Å². The molecule has 1 unspecified atom stereocenters. The number of halogens is 1. The van der Waals surface area contributed by atoms with Crippen LogP contribution in [0.25, 0.3) is 0 Å². The monoisotopic (exact) mass is 236 g/mol. The first-order valence-electron chi connectivity index (χ1n) is 5.19. The zero-order valence-corrected chi connectivity index (χ0v) is 9.61. The molecule has 3 nitrogen and oxygen atoms in total. The van der Waals surface area contributed by atoms with Crippen LogP contribution in [0.4, 0.5) is 4.39 Å². The average molecular weight is 236 g/mol. The Balaban J connectivity index is 2.35. The van der Waals surface area contributed by atoms with Gasteiger partial charge in [0.2, 0.25) is 0 Å². The topological polar surface area (TPSA) is 42.6 Å². The molecule has 0 amide bonds. The van der Waals surface area contributed by atoms with Crippen molar-refractivity contribution in [2.75, 3.05) is 7.11 Å². The van der Waals surface area contributed by atoms with Crippen LogP contribution >= 0.6 is 0 Å². The van der Waals surface area contributed by atoms with Crippen LogP contribution in [0.3, 0.4) is 0 Å². The molecule has 0 spiro atoms. The second-order valence-corrected chi connectivity index (χ2v) is 3.76. The molecule has 0 bridgehead atoms. The predicted molar refractivity (Wildman–Crippen MR) is 60.5 cm³/mol. The number of ether oxygens (including phenoxy) is 1. The van der Waals surface area contributed by atoms with Crippen molar-refractivity contribution < 1.29 is 18.7 Å². The van der Waals surface area contributed by atoms with Crippen molar-refractivity contribution >= 4 is 0 Å². The summed E-state index contributed by atoms with van der Waals surface area (Å²) in [5, 5.41) is 10.0. The summed E-state index contributed by atoms with van der Waals surface area (Å²) in [6.07, 6.45) is 0.527. The molecular weight excluding hydrogens is 223 g/mol. The zero-order valence-electron chi connectivity index (χ0n) is 9.61. The Bertz CT molecular complexity index is 519. The lowest BCUT2D eigenvalue weighted by molar-refractivity contribution is 0.187. The Morgan fingerprint density at radius 3 is 2.65 bits per heavy atom. The second kappa shape index (κ2) is 4.59. The van der Waals surface area contributed by atoms with Gasteiger partial charge in [-0.25, -0.2) is 4.39 Å². The minimum atomic E-state index is -0.967. The highest BCUT2D eigenvalue weighted by atomic mass is 19.1. The Labute approximate surface area is 98.5 Å². The number of aryl methyl sites for hydroxylation is 1. The van der Waals surface area contributed by atoms with E-state index < -0.39 is 11.9 Å². The first-order valence-corrected chi connectivity index (χ1v) is 5.19. The van der Waals surface area contributed by atoms with Gasteiger partial charge in [0.1, 0.15) is 11.9 Å². The smallest absolute Gasteiger partial charge is 0.165 e. The van der Waals surface area contributed by atoms with Crippen LogP contribution in [0.2, 0.25) is 0 Å². The molecule has 90 valence electrons. The fraction of sp³-hybridized carbons (Fsp3) is 0.231. The Morgan fingerprint density at radius 1 is 1.35 bits per heavy atom. The van der Waals surface area contributed by atoms with Gasteiger partial charge >= 0.3 is 0 Å². The fourth-order valence-corrected chi connectivity index (χ4v) is 1.67. The summed E-state index contributed by atoms with van der Waals surface area (Å²) in [5.41, 5.74) is 1.26. The third kappa shape index (κ3) is 2.17. The molecule has 1 aromatic carbocycles. The maximum absolute atomic E-state index is 13.5. The first-order chi connectivity index (χ1) is 8.13. The van der Waals surface area contributed by atoms with Crippen molar-refractivity contribution in [1.29, 1.82) is 0 Å². The third-order valence-corrected chi connectivity index (χ3v) is 2.64. The van der Waals surface area contributed by atoms with E-state index >= 15 is 0 Å². The highest BCUT2D eigenvalue weighted by molar-refractivity contribution is 5.34. The van der Waals surface area contributed by atoms with Crippen molar-refractivity contribution in [3.63, 3.8) is 0 Å². The largest absolute Gasteiger partial charge is 0.494 e. The fourth-order valence-electron chi connectivity index (χ4n) is 1.67. The zero-order chi connectivity index (χ0) is 12.4. The van der Waals surface area contributed by atoms with E-state index in [2.05, 4.69) is 0 Å². The van der Waals surface area contributed by atoms with Gasteiger partial charge in [-0.15, -0.1) is 0 Å². The maximum atomic E-state index is 13.5. The van der Waals surface area contributed by atoms with Crippen molar-refractivity contribution in [1.82, 2.24) is 0 Å². The van der Waals surface area contributed by atoms with E-state index in [1.165, 1.54) is 25.5 Å². The van der Waals surface area contributed by atoms with Crippen molar-refractivity contribution in [3.05, 3.63) is 53.2 Å². The normalized spacial score (nSPS) is 12.5. The van der Waals surface area contributed by atoms with Gasteiger partial charge in [-0.1, -0.05) is 6.07 Å². The quantitative estimate of drug-likeness (QED) is 0.891. The van der Waals surface area contributed by atoms with Gasteiger partial charge in [-0.3, -0.25) is 0 Å². The number of aliphatic hydroxyl groups is 1. The number of methoxy groups -OCH3 is 1. The number of benzene rings is 1. The van der Waals surface area contributed by atoms with E-state index in [0.717, 1.165) is 5.56 Å². The Hall–Kier alpha value is -1.81. The molecule has 2 rings (SSSR count). The van der Waals surface area contributed by atoms with Crippen LogP contribution in [-0.2, 0) is 0 Å². The van der Waals surface area contributed by atoms with E-state index in [0.29, 0.717) is 11.3 Å². The summed E-state index contributed by atoms with van der Waals surface area (Å²) in [6, 6.07) is 6.07. The molecule has 0 aliphatic heterocycles. The molecule has 2 aromatic rings. The van der Waals surface area contributed by atoms with Crippen LogP contribution in [0.5, 0.6) is 5.75 Å². The summed E-state index contributed by atoms with van der Waals surface area (Å²) in [5.74, 6) is 0.0694. The number of rotatable bonds is 3. The van der Waals surface area contributed by atoms with Crippen molar-refractivity contribution in [3.8, 4) is 5.75 Å². The standard InChI is InChI=1S/C13H13FO3/c1-8-5-6-17-13(8)12(15)9-3-4-11(16-2)10(14)7-9/h3-7,12,15H,1-2H3. The lowest BCUT2D eigenvalue weighted by Gasteiger charge is -2.10. The minimum absolute atomic E-state index is 0.150. The molecular formula is C13H13FO3. The summed E-state index contributed by atoms with van der Waals surface area (Å²) < 4.78 is 23.5. The van der Waals surface area contributed by atoms with E-state index in [4.69, 9.17) is 9.15 Å². The van der Waals surface area contributed by atoms with Gasteiger partial charge in [0.25, 0.3) is 0 Å². The number of hydrogen-bond acceptors (Lipinski definition) is 3. The van der Waals surface area contributed by atoms with Crippen molar-refractivity contribution in [2.24, 2.45) is 0 Å². The first kappa shape index (κ1) is 11.7. The Morgan fingerprint density at radius 2 is 2.12 bits per heavy atom. The van der Waals surface area contributed by atoms with Crippen LogP contribution in [0.1, 0.15) is 23.0 Å². The molecule has 0 aliphatic carbocycles. The maximum Gasteiger partial charge on any atom is 0.165 e. The highest BCUT2D eigenvalue weighted by Crippen LogP contribution is 2.28. The summed E-state index contributed by atoms with van der Waals surface area (Å²) in [7, 11) is 1.39. The molecule has 0 saturated heterocycles. The predicted octanol–water partition coefficient (Wildman–Crippen LogP) is 2.82. The van der Waals surface area contributed by atoms with Crippen LogP contribution < -0.4 is 4.74 Å². The van der Waals surface area contributed by atoms with Gasteiger partial charge in [-0.2, -0.15) is 0 Å². The lowest BCUT2D eigenvalue weighted by Crippen LogP contribution is -2.01. The highest BCUT2D eigenvalue weighted by Gasteiger charge is 2.17. The van der Waals surface area contributed by atoms with Gasteiger partial charge in [0.15, 0.2) is 11.6 Å². The average Bonchev–Trinajstić information content (AvgIpc) is 2.74. The van der Waals surface area contributed by atoms with Gasteiger partial charge < -0.3 is 14.3 Å². The summed E-state index contributed by atoms with van der Waals surface area (Å²) in [4.78, 5) is 0. The lowest BCUT2D eigenvalue weighted by atomic mass is 10.0. The van der Waals surface area contributed by atoms with Gasteiger partial charge in [0.05, 0.1) is 13.4 Å². The molecule has 0 radical (unpaired) electrons. The van der Waals surface area contributed by atoms with Crippen LogP contribution in [0.15, 0.2) is 34.9 Å². The SMILES string of the molecule is COc1ccc(C(O)c2occc2C)cc1F. The van der Waals surface area contributed by atoms with E-state index in [1.807, 2.05) is 6.92 Å². The second-order valence-electron chi connectivity index (χ2n) is 3.76. The number of furan rings is 1. The van der Waals surface area contributed by atoms with Crippen molar-refractivity contribution in [2.45, 2.75) is 13.0 Å². The van der Waals surface area contributed by atoms with E-state index in [1.54, 1.807) is 12.1 Å². The third-order valence-electron chi connectivity index (χ3n) is 2.64. The molecule has 1 N–H and O–H groups in total.